The third-order valence-electron chi connectivity index (χ3n) is 3.86. The van der Waals surface area contributed by atoms with Crippen molar-refractivity contribution >= 4 is 38.5 Å². The fourth-order valence-corrected chi connectivity index (χ4v) is 3.90. The van der Waals surface area contributed by atoms with Gasteiger partial charge in [0.25, 0.3) is 0 Å². The number of hydrogen-bond donors (Lipinski definition) is 0. The van der Waals surface area contributed by atoms with Crippen LogP contribution in [0, 0.1) is 5.92 Å². The highest BCUT2D eigenvalue weighted by molar-refractivity contribution is 14.1. The van der Waals surface area contributed by atoms with E-state index in [-0.39, 0.29) is 5.60 Å². The second-order valence-electron chi connectivity index (χ2n) is 5.42. The second kappa shape index (κ2) is 6.71. The average Bonchev–Trinajstić information content (AvgIpc) is 2.39. The minimum atomic E-state index is 0.120. The minimum absolute atomic E-state index is 0.120. The molecule has 1 aromatic carbocycles. The maximum absolute atomic E-state index is 6.28. The molecule has 1 aliphatic carbocycles. The van der Waals surface area contributed by atoms with Crippen LogP contribution in [0.15, 0.2) is 28.7 Å². The zero-order chi connectivity index (χ0) is 13.0. The first-order valence-corrected chi connectivity index (χ1v) is 8.90. The molecule has 0 heterocycles. The van der Waals surface area contributed by atoms with Crippen molar-refractivity contribution in [3.8, 4) is 0 Å². The smallest absolute Gasteiger partial charge is 0.0776 e. The van der Waals surface area contributed by atoms with Crippen molar-refractivity contribution in [1.29, 1.82) is 0 Å². The first kappa shape index (κ1) is 14.8. The van der Waals surface area contributed by atoms with E-state index in [1.54, 1.807) is 0 Å². The van der Waals surface area contributed by atoms with E-state index in [0.29, 0.717) is 0 Å². The van der Waals surface area contributed by atoms with Gasteiger partial charge in [0.05, 0.1) is 12.2 Å². The Morgan fingerprint density at radius 1 is 1.39 bits per heavy atom. The monoisotopic (exact) mass is 422 g/mol. The molecule has 18 heavy (non-hydrogen) atoms. The molecule has 0 unspecified atom stereocenters. The Hall–Kier alpha value is 0.390. The molecule has 1 aliphatic rings. The summed E-state index contributed by atoms with van der Waals surface area (Å²) in [4.78, 5) is 0. The van der Waals surface area contributed by atoms with Gasteiger partial charge in [-0.1, -0.05) is 57.6 Å². The highest BCUT2D eigenvalue weighted by Crippen LogP contribution is 2.36. The van der Waals surface area contributed by atoms with Crippen LogP contribution < -0.4 is 0 Å². The number of hydrogen-bond acceptors (Lipinski definition) is 1. The van der Waals surface area contributed by atoms with Crippen LogP contribution in [-0.4, -0.2) is 10.0 Å². The Labute approximate surface area is 132 Å². The third-order valence-corrected chi connectivity index (χ3v) is 5.75. The van der Waals surface area contributed by atoms with Crippen molar-refractivity contribution in [2.75, 3.05) is 4.43 Å². The Morgan fingerprint density at radius 3 is 2.72 bits per heavy atom. The summed E-state index contributed by atoms with van der Waals surface area (Å²) in [5.41, 5.74) is 1.38. The maximum atomic E-state index is 6.28. The van der Waals surface area contributed by atoms with Crippen molar-refractivity contribution in [2.45, 2.75) is 44.8 Å². The summed E-state index contributed by atoms with van der Waals surface area (Å²) in [6.07, 6.45) is 5.04. The van der Waals surface area contributed by atoms with Gasteiger partial charge in [-0.3, -0.25) is 0 Å². The fraction of sp³-hybridized carbons (Fsp3) is 0.600. The molecule has 1 fully saturated rings. The number of halogens is 2. The lowest BCUT2D eigenvalue weighted by Gasteiger charge is -2.38. The topological polar surface area (TPSA) is 9.23 Å². The molecule has 0 N–H and O–H groups in total. The largest absolute Gasteiger partial charge is 0.370 e. The Balaban J connectivity index is 1.95. The van der Waals surface area contributed by atoms with Gasteiger partial charge in [0.1, 0.15) is 0 Å². The van der Waals surface area contributed by atoms with Crippen molar-refractivity contribution in [1.82, 2.24) is 0 Å². The minimum Gasteiger partial charge on any atom is -0.370 e. The quantitative estimate of drug-likeness (QED) is 0.469. The summed E-state index contributed by atoms with van der Waals surface area (Å²) >= 11 is 5.99. The van der Waals surface area contributed by atoms with Crippen LogP contribution in [-0.2, 0) is 11.3 Å². The molecule has 100 valence electrons. The lowest BCUT2D eigenvalue weighted by Crippen LogP contribution is -2.38. The molecule has 0 aliphatic heterocycles. The molecular weight excluding hydrogens is 403 g/mol. The van der Waals surface area contributed by atoms with Crippen molar-refractivity contribution in [3.63, 3.8) is 0 Å². The molecule has 0 atom stereocenters. The molecule has 1 aromatic rings. The summed E-state index contributed by atoms with van der Waals surface area (Å²) in [5.74, 6) is 0.871. The van der Waals surface area contributed by atoms with Crippen LogP contribution in [0.1, 0.15) is 38.2 Å². The van der Waals surface area contributed by atoms with Crippen molar-refractivity contribution < 1.29 is 4.74 Å². The predicted octanol–water partition coefficient (Wildman–Crippen LogP) is 5.35. The van der Waals surface area contributed by atoms with E-state index in [1.165, 1.54) is 31.2 Å². The normalized spacial score (nSPS) is 28.3. The second-order valence-corrected chi connectivity index (χ2v) is 7.10. The lowest BCUT2D eigenvalue weighted by molar-refractivity contribution is -0.0675. The van der Waals surface area contributed by atoms with Gasteiger partial charge in [0, 0.05) is 8.90 Å². The Morgan fingerprint density at radius 2 is 2.11 bits per heavy atom. The Bertz CT molecular complexity index is 386. The van der Waals surface area contributed by atoms with Gasteiger partial charge in [-0.25, -0.2) is 0 Å². The molecule has 0 bridgehead atoms. The van der Waals surface area contributed by atoms with Crippen LogP contribution >= 0.6 is 38.5 Å². The van der Waals surface area contributed by atoms with Crippen LogP contribution in [0.25, 0.3) is 0 Å². The SMILES string of the molecule is CC1CCC(CI)(OCc2cccc(Br)c2)CC1. The first-order valence-electron chi connectivity index (χ1n) is 6.58. The highest BCUT2D eigenvalue weighted by atomic mass is 127. The number of rotatable bonds is 4. The molecule has 1 saturated carbocycles. The van der Waals surface area contributed by atoms with E-state index in [1.807, 2.05) is 0 Å². The van der Waals surface area contributed by atoms with E-state index in [4.69, 9.17) is 4.74 Å². The summed E-state index contributed by atoms with van der Waals surface area (Å²) < 4.78 is 8.51. The molecule has 2 rings (SSSR count). The van der Waals surface area contributed by atoms with E-state index >= 15 is 0 Å². The maximum Gasteiger partial charge on any atom is 0.0776 e. The summed E-state index contributed by atoms with van der Waals surface area (Å²) in [6, 6.07) is 8.41. The molecule has 0 aromatic heterocycles. The zero-order valence-corrected chi connectivity index (χ0v) is 14.5. The highest BCUT2D eigenvalue weighted by Gasteiger charge is 2.34. The van der Waals surface area contributed by atoms with E-state index < -0.39 is 0 Å². The van der Waals surface area contributed by atoms with Crippen LogP contribution in [0.3, 0.4) is 0 Å². The average molecular weight is 423 g/mol. The molecule has 0 saturated heterocycles. The van der Waals surface area contributed by atoms with E-state index in [0.717, 1.165) is 21.4 Å². The van der Waals surface area contributed by atoms with Gasteiger partial charge in [0.15, 0.2) is 0 Å². The molecule has 1 nitrogen and oxygen atoms in total. The predicted molar refractivity (Wildman–Crippen MR) is 88.2 cm³/mol. The zero-order valence-electron chi connectivity index (χ0n) is 10.8. The van der Waals surface area contributed by atoms with Gasteiger partial charge in [-0.05, 0) is 49.3 Å². The standard InChI is InChI=1S/C15H20BrIO/c1-12-5-7-15(11-17,8-6-12)18-10-13-3-2-4-14(16)9-13/h2-4,9,12H,5-8,10-11H2,1H3. The molecule has 0 radical (unpaired) electrons. The molecule has 0 spiro atoms. The van der Waals surface area contributed by atoms with E-state index in [9.17, 15) is 0 Å². The summed E-state index contributed by atoms with van der Waals surface area (Å²) in [7, 11) is 0. The number of ether oxygens (including phenoxy) is 1. The van der Waals surface area contributed by atoms with Gasteiger partial charge in [-0.15, -0.1) is 0 Å². The number of alkyl halides is 1. The van der Waals surface area contributed by atoms with Gasteiger partial charge in [0.2, 0.25) is 0 Å². The van der Waals surface area contributed by atoms with Crippen LogP contribution in [0.5, 0.6) is 0 Å². The summed E-state index contributed by atoms with van der Waals surface area (Å²) in [6.45, 7) is 3.09. The lowest BCUT2D eigenvalue weighted by atomic mass is 9.80. The van der Waals surface area contributed by atoms with Gasteiger partial charge >= 0.3 is 0 Å². The van der Waals surface area contributed by atoms with Crippen LogP contribution in [0.2, 0.25) is 0 Å². The van der Waals surface area contributed by atoms with Crippen molar-refractivity contribution in [3.05, 3.63) is 34.3 Å². The van der Waals surface area contributed by atoms with Gasteiger partial charge in [-0.2, -0.15) is 0 Å². The van der Waals surface area contributed by atoms with Gasteiger partial charge < -0.3 is 4.74 Å². The van der Waals surface area contributed by atoms with Crippen molar-refractivity contribution in [2.24, 2.45) is 5.92 Å². The van der Waals surface area contributed by atoms with E-state index in [2.05, 4.69) is 69.7 Å². The Kier molecular flexibility index (Phi) is 5.51. The summed E-state index contributed by atoms with van der Waals surface area (Å²) in [5, 5.41) is 0. The van der Waals surface area contributed by atoms with Crippen LogP contribution in [0.4, 0.5) is 0 Å². The molecule has 3 heteroatoms. The first-order chi connectivity index (χ1) is 8.63. The third kappa shape index (κ3) is 3.94. The molecule has 0 amide bonds. The fourth-order valence-electron chi connectivity index (χ4n) is 2.47. The molecular formula is C15H20BrIO. The number of benzene rings is 1.